The van der Waals surface area contributed by atoms with Gasteiger partial charge >= 0.3 is 0 Å². The van der Waals surface area contributed by atoms with Crippen molar-refractivity contribution in [3.63, 3.8) is 0 Å². The first-order valence-electron chi connectivity index (χ1n) is 10.1. The second-order valence-electron chi connectivity index (χ2n) is 8.30. The molecule has 0 aromatic heterocycles. The Morgan fingerprint density at radius 2 is 1.66 bits per heavy atom. The maximum Gasteiger partial charge on any atom is 0.236 e. The molecule has 2 aliphatic rings. The summed E-state index contributed by atoms with van der Waals surface area (Å²) in [6, 6.07) is 9.31. The first-order chi connectivity index (χ1) is 13.7. The van der Waals surface area contributed by atoms with Crippen molar-refractivity contribution >= 4 is 27.9 Å². The number of piperidine rings is 1. The highest BCUT2D eigenvalue weighted by atomic mass is 32.2. The normalized spacial score (nSPS) is 21.8. The van der Waals surface area contributed by atoms with Crippen LogP contribution >= 0.6 is 0 Å². The van der Waals surface area contributed by atoms with Crippen LogP contribution < -0.4 is 4.90 Å². The second kappa shape index (κ2) is 8.77. The summed E-state index contributed by atoms with van der Waals surface area (Å²) in [7, 11) is -3.49. The highest BCUT2D eigenvalue weighted by molar-refractivity contribution is 7.92. The van der Waals surface area contributed by atoms with Gasteiger partial charge in [0.1, 0.15) is 0 Å². The van der Waals surface area contributed by atoms with Crippen LogP contribution in [0.25, 0.3) is 6.08 Å². The van der Waals surface area contributed by atoms with Gasteiger partial charge in [-0.2, -0.15) is 4.31 Å². The number of carbonyl (C=O) groups is 2. The lowest BCUT2D eigenvalue weighted by atomic mass is 9.77. The van der Waals surface area contributed by atoms with E-state index >= 15 is 0 Å². The number of nitrogens with zero attached hydrogens (tertiary/aromatic N) is 2. The quantitative estimate of drug-likeness (QED) is 0.688. The molecule has 0 unspecified atom stereocenters. The van der Waals surface area contributed by atoms with E-state index in [0.29, 0.717) is 45.7 Å². The maximum atomic E-state index is 12.6. The van der Waals surface area contributed by atoms with Crippen LogP contribution in [0, 0.1) is 5.41 Å². The standard InChI is InChI=1S/C21H29N3O4S/c1-3-21(2)15-19(25)24(20(26)16-21)17-22-10-12-23(13-11-22)29(27,28)14-9-18-7-5-4-6-8-18/h4-9,14H,3,10-13,15-17H2,1-2H3/p+1/b14-9+. The van der Waals surface area contributed by atoms with Crippen molar-refractivity contribution < 1.29 is 22.9 Å². The summed E-state index contributed by atoms with van der Waals surface area (Å²) in [5, 5.41) is 1.25. The van der Waals surface area contributed by atoms with Gasteiger partial charge in [-0.05, 0) is 23.5 Å². The first-order valence-corrected chi connectivity index (χ1v) is 11.6. The molecule has 2 heterocycles. The lowest BCUT2D eigenvalue weighted by molar-refractivity contribution is -0.911. The molecule has 8 heteroatoms. The van der Waals surface area contributed by atoms with Gasteiger partial charge in [0.05, 0.1) is 26.2 Å². The average Bonchev–Trinajstić information content (AvgIpc) is 2.70. The zero-order valence-corrected chi connectivity index (χ0v) is 18.0. The molecule has 0 aliphatic carbocycles. The van der Waals surface area contributed by atoms with E-state index in [1.54, 1.807) is 6.08 Å². The molecule has 29 heavy (non-hydrogen) atoms. The summed E-state index contributed by atoms with van der Waals surface area (Å²) >= 11 is 0. The van der Waals surface area contributed by atoms with Gasteiger partial charge in [0.25, 0.3) is 0 Å². The van der Waals surface area contributed by atoms with E-state index in [1.165, 1.54) is 14.6 Å². The monoisotopic (exact) mass is 420 g/mol. The predicted octanol–water partition coefficient (Wildman–Crippen LogP) is 0.710. The molecule has 2 aliphatic heterocycles. The number of amides is 2. The molecular formula is C21H30N3O4S+. The minimum atomic E-state index is -3.49. The molecule has 1 aromatic rings. The molecule has 0 atom stereocenters. The smallest absolute Gasteiger partial charge is 0.236 e. The van der Waals surface area contributed by atoms with Crippen molar-refractivity contribution in [3.8, 4) is 0 Å². The van der Waals surface area contributed by atoms with Crippen LogP contribution in [-0.4, -0.2) is 62.3 Å². The number of hydrogen-bond acceptors (Lipinski definition) is 4. The number of likely N-dealkylation sites (tertiary alicyclic amines) is 1. The zero-order valence-electron chi connectivity index (χ0n) is 17.1. The van der Waals surface area contributed by atoms with Gasteiger partial charge in [0.2, 0.25) is 21.8 Å². The molecule has 2 amide bonds. The minimum Gasteiger partial charge on any atom is -0.315 e. The molecule has 0 saturated carbocycles. The lowest BCUT2D eigenvalue weighted by Gasteiger charge is -2.39. The zero-order chi connectivity index (χ0) is 21.1. The number of nitrogens with one attached hydrogen (secondary N) is 1. The summed E-state index contributed by atoms with van der Waals surface area (Å²) < 4.78 is 26.6. The van der Waals surface area contributed by atoms with E-state index in [-0.39, 0.29) is 17.2 Å². The highest BCUT2D eigenvalue weighted by Crippen LogP contribution is 2.34. The summed E-state index contributed by atoms with van der Waals surface area (Å²) in [6.45, 7) is 6.21. The first kappa shape index (κ1) is 21.7. The van der Waals surface area contributed by atoms with Gasteiger partial charge in [-0.25, -0.2) is 13.3 Å². The molecule has 0 spiro atoms. The number of benzene rings is 1. The van der Waals surface area contributed by atoms with Crippen LogP contribution in [0.15, 0.2) is 35.7 Å². The van der Waals surface area contributed by atoms with Gasteiger partial charge in [-0.15, -0.1) is 0 Å². The van der Waals surface area contributed by atoms with E-state index < -0.39 is 10.0 Å². The predicted molar refractivity (Wildman–Crippen MR) is 111 cm³/mol. The third-order valence-electron chi connectivity index (χ3n) is 6.01. The van der Waals surface area contributed by atoms with E-state index in [9.17, 15) is 18.0 Å². The fourth-order valence-electron chi connectivity index (χ4n) is 3.80. The van der Waals surface area contributed by atoms with Crippen LogP contribution in [0.2, 0.25) is 0 Å². The highest BCUT2D eigenvalue weighted by Gasteiger charge is 2.41. The van der Waals surface area contributed by atoms with Crippen molar-refractivity contribution in [2.24, 2.45) is 5.41 Å². The van der Waals surface area contributed by atoms with Crippen molar-refractivity contribution in [2.75, 3.05) is 32.8 Å². The van der Waals surface area contributed by atoms with Crippen molar-refractivity contribution in [1.82, 2.24) is 9.21 Å². The Kier molecular flexibility index (Phi) is 6.55. The fourth-order valence-corrected chi connectivity index (χ4v) is 5.00. The second-order valence-corrected chi connectivity index (χ2v) is 10.1. The van der Waals surface area contributed by atoms with Crippen LogP contribution in [0.1, 0.15) is 38.7 Å². The van der Waals surface area contributed by atoms with Gasteiger partial charge < -0.3 is 4.90 Å². The number of carbonyl (C=O) groups excluding carboxylic acids is 2. The molecule has 158 valence electrons. The Morgan fingerprint density at radius 1 is 1.07 bits per heavy atom. The van der Waals surface area contributed by atoms with E-state index in [0.717, 1.165) is 16.9 Å². The number of quaternary nitrogens is 1. The summed E-state index contributed by atoms with van der Waals surface area (Å²) in [5.74, 6) is -0.224. The van der Waals surface area contributed by atoms with Crippen LogP contribution in [0.4, 0.5) is 0 Å². The van der Waals surface area contributed by atoms with E-state index in [1.807, 2.05) is 44.2 Å². The summed E-state index contributed by atoms with van der Waals surface area (Å²) in [6.07, 6.45) is 3.20. The number of rotatable bonds is 6. The van der Waals surface area contributed by atoms with Gasteiger partial charge in [0, 0.05) is 18.2 Å². The SMILES string of the molecule is CCC1(C)CC(=O)N(C[NH+]2CCN(S(=O)(=O)/C=C/c3ccccc3)CC2)C(=O)C1. The van der Waals surface area contributed by atoms with Crippen molar-refractivity contribution in [3.05, 3.63) is 41.3 Å². The number of hydrogen-bond donors (Lipinski definition) is 1. The van der Waals surface area contributed by atoms with Crippen LogP contribution in [-0.2, 0) is 19.6 Å². The van der Waals surface area contributed by atoms with E-state index in [2.05, 4.69) is 0 Å². The molecule has 7 nitrogen and oxygen atoms in total. The number of piperazine rings is 1. The molecule has 1 N–H and O–H groups in total. The van der Waals surface area contributed by atoms with Crippen LogP contribution in [0.5, 0.6) is 0 Å². The summed E-state index contributed by atoms with van der Waals surface area (Å²) in [5.41, 5.74) is 0.597. The third kappa shape index (κ3) is 5.32. The molecule has 0 radical (unpaired) electrons. The minimum absolute atomic E-state index is 0.112. The molecule has 3 rings (SSSR count). The molecular weight excluding hydrogens is 390 g/mol. The van der Waals surface area contributed by atoms with Crippen LogP contribution in [0.3, 0.4) is 0 Å². The fraction of sp³-hybridized carbons (Fsp3) is 0.524. The topological polar surface area (TPSA) is 79.2 Å². The Balaban J connectivity index is 1.55. The largest absolute Gasteiger partial charge is 0.315 e. The van der Waals surface area contributed by atoms with E-state index in [4.69, 9.17) is 0 Å². The molecule has 2 fully saturated rings. The van der Waals surface area contributed by atoms with Gasteiger partial charge in [0.15, 0.2) is 6.67 Å². The van der Waals surface area contributed by atoms with Gasteiger partial charge in [-0.1, -0.05) is 44.2 Å². The number of sulfonamides is 1. The molecule has 1 aromatic carbocycles. The Labute approximate surface area is 173 Å². The van der Waals surface area contributed by atoms with Crippen molar-refractivity contribution in [1.29, 1.82) is 0 Å². The van der Waals surface area contributed by atoms with Gasteiger partial charge in [-0.3, -0.25) is 9.59 Å². The molecule has 2 saturated heterocycles. The average molecular weight is 421 g/mol. The molecule has 0 bridgehead atoms. The van der Waals surface area contributed by atoms with Crippen molar-refractivity contribution in [2.45, 2.75) is 33.1 Å². The summed E-state index contributed by atoms with van der Waals surface area (Å²) in [4.78, 5) is 27.4. The third-order valence-corrected chi connectivity index (χ3v) is 7.58. The lowest BCUT2D eigenvalue weighted by Crippen LogP contribution is -3.16. The number of imide groups is 1. The Hall–Kier alpha value is -2.03. The maximum absolute atomic E-state index is 12.6. The Morgan fingerprint density at radius 3 is 2.21 bits per heavy atom. The Bertz CT molecular complexity index is 856.